The Hall–Kier alpha value is -1.32. The number of aliphatic carboxylic acids is 1. The summed E-state index contributed by atoms with van der Waals surface area (Å²) in [5.74, 6) is -1.18. The second kappa shape index (κ2) is 4.79. The van der Waals surface area contributed by atoms with Crippen LogP contribution in [0.5, 0.6) is 0 Å². The van der Waals surface area contributed by atoms with E-state index in [9.17, 15) is 9.59 Å². The van der Waals surface area contributed by atoms with Crippen molar-refractivity contribution in [3.8, 4) is 0 Å². The maximum absolute atomic E-state index is 11.1. The van der Waals surface area contributed by atoms with E-state index >= 15 is 0 Å². The molecule has 1 rings (SSSR count). The van der Waals surface area contributed by atoms with Crippen LogP contribution in [0.2, 0.25) is 0 Å². The molecule has 1 saturated carbocycles. The van der Waals surface area contributed by atoms with E-state index in [1.807, 2.05) is 0 Å². The lowest BCUT2D eigenvalue weighted by Crippen LogP contribution is -2.31. The van der Waals surface area contributed by atoms with E-state index in [1.54, 1.807) is 13.0 Å². The van der Waals surface area contributed by atoms with Crippen molar-refractivity contribution in [2.75, 3.05) is 0 Å². The molecule has 0 aromatic rings. The van der Waals surface area contributed by atoms with Gasteiger partial charge < -0.3 is 10.4 Å². The smallest absolute Gasteiger partial charge is 0.306 e. The van der Waals surface area contributed by atoms with Gasteiger partial charge in [-0.25, -0.2) is 0 Å². The Kier molecular flexibility index (Phi) is 3.68. The van der Waals surface area contributed by atoms with Gasteiger partial charge in [0.05, 0.1) is 5.92 Å². The van der Waals surface area contributed by atoms with Gasteiger partial charge in [-0.1, -0.05) is 6.08 Å². The van der Waals surface area contributed by atoms with Gasteiger partial charge >= 0.3 is 5.97 Å². The van der Waals surface area contributed by atoms with Crippen LogP contribution in [-0.2, 0) is 9.59 Å². The Morgan fingerprint density at radius 3 is 2.64 bits per heavy atom. The van der Waals surface area contributed by atoms with Gasteiger partial charge in [0.1, 0.15) is 0 Å². The van der Waals surface area contributed by atoms with Gasteiger partial charge in [0.2, 0.25) is 5.91 Å². The molecule has 1 aliphatic rings. The summed E-state index contributed by atoms with van der Waals surface area (Å²) in [6.45, 7) is 1.77. The number of hydrogen-bond acceptors (Lipinski definition) is 2. The molecule has 2 atom stereocenters. The molecule has 0 aromatic heterocycles. The SMILES string of the molecule is C/C=C/C(=O)N[C@H]1CC[C@@H](C(=O)O)C1. The predicted molar refractivity (Wildman–Crippen MR) is 51.7 cm³/mol. The van der Waals surface area contributed by atoms with Crippen LogP contribution in [0.4, 0.5) is 0 Å². The third kappa shape index (κ3) is 2.87. The molecule has 1 aliphatic carbocycles. The fourth-order valence-corrected chi connectivity index (χ4v) is 1.74. The molecule has 0 unspecified atom stereocenters. The summed E-state index contributed by atoms with van der Waals surface area (Å²) < 4.78 is 0. The fraction of sp³-hybridized carbons (Fsp3) is 0.600. The van der Waals surface area contributed by atoms with Crippen LogP contribution in [0.1, 0.15) is 26.2 Å². The molecule has 1 amide bonds. The molecule has 0 radical (unpaired) electrons. The van der Waals surface area contributed by atoms with E-state index in [-0.39, 0.29) is 17.9 Å². The standard InChI is InChI=1S/C10H15NO3/c1-2-3-9(12)11-8-5-4-7(6-8)10(13)14/h2-3,7-8H,4-6H2,1H3,(H,11,12)(H,13,14)/b3-2+/t7-,8+/m1/s1. The molecular formula is C10H15NO3. The first kappa shape index (κ1) is 10.8. The molecule has 0 saturated heterocycles. The highest BCUT2D eigenvalue weighted by Gasteiger charge is 2.29. The zero-order chi connectivity index (χ0) is 10.6. The fourth-order valence-electron chi connectivity index (χ4n) is 1.74. The monoisotopic (exact) mass is 197 g/mol. The molecule has 4 nitrogen and oxygen atoms in total. The normalized spacial score (nSPS) is 26.6. The lowest BCUT2D eigenvalue weighted by molar-refractivity contribution is -0.141. The van der Waals surface area contributed by atoms with Gasteiger partial charge in [0, 0.05) is 6.04 Å². The summed E-state index contributed by atoms with van der Waals surface area (Å²) >= 11 is 0. The Morgan fingerprint density at radius 1 is 1.43 bits per heavy atom. The number of amides is 1. The second-order valence-corrected chi connectivity index (χ2v) is 3.55. The predicted octanol–water partition coefficient (Wildman–Crippen LogP) is 0.932. The number of carbonyl (C=O) groups is 2. The van der Waals surface area contributed by atoms with Crippen molar-refractivity contribution in [3.63, 3.8) is 0 Å². The van der Waals surface area contributed by atoms with Crippen molar-refractivity contribution in [3.05, 3.63) is 12.2 Å². The Balaban J connectivity index is 2.36. The van der Waals surface area contributed by atoms with Gasteiger partial charge in [0.15, 0.2) is 0 Å². The zero-order valence-corrected chi connectivity index (χ0v) is 8.19. The van der Waals surface area contributed by atoms with Crippen LogP contribution >= 0.6 is 0 Å². The van der Waals surface area contributed by atoms with Crippen LogP contribution in [0, 0.1) is 5.92 Å². The van der Waals surface area contributed by atoms with Crippen molar-refractivity contribution in [1.82, 2.24) is 5.32 Å². The number of nitrogens with one attached hydrogen (secondary N) is 1. The lowest BCUT2D eigenvalue weighted by Gasteiger charge is -2.09. The first-order valence-electron chi connectivity index (χ1n) is 4.79. The molecule has 0 bridgehead atoms. The molecule has 2 N–H and O–H groups in total. The quantitative estimate of drug-likeness (QED) is 0.661. The molecule has 0 heterocycles. The van der Waals surface area contributed by atoms with Gasteiger partial charge in [-0.3, -0.25) is 9.59 Å². The highest BCUT2D eigenvalue weighted by Crippen LogP contribution is 2.25. The molecule has 0 aliphatic heterocycles. The Morgan fingerprint density at radius 2 is 2.14 bits per heavy atom. The summed E-state index contributed by atoms with van der Waals surface area (Å²) in [5.41, 5.74) is 0. The van der Waals surface area contributed by atoms with Gasteiger partial charge in [0.25, 0.3) is 0 Å². The number of rotatable bonds is 3. The summed E-state index contributed by atoms with van der Waals surface area (Å²) in [6, 6.07) is 0.0276. The minimum atomic E-state index is -0.757. The number of carboxylic acids is 1. The van der Waals surface area contributed by atoms with E-state index in [1.165, 1.54) is 6.08 Å². The van der Waals surface area contributed by atoms with E-state index in [2.05, 4.69) is 5.32 Å². The molecule has 14 heavy (non-hydrogen) atoms. The highest BCUT2D eigenvalue weighted by atomic mass is 16.4. The summed E-state index contributed by atoms with van der Waals surface area (Å²) in [4.78, 5) is 21.8. The van der Waals surface area contributed by atoms with E-state index < -0.39 is 5.97 Å². The third-order valence-electron chi connectivity index (χ3n) is 2.45. The molecule has 0 spiro atoms. The Labute approximate surface area is 83.0 Å². The van der Waals surface area contributed by atoms with E-state index in [4.69, 9.17) is 5.11 Å². The maximum atomic E-state index is 11.1. The summed E-state index contributed by atoms with van der Waals surface area (Å²) in [6.07, 6.45) is 5.10. The van der Waals surface area contributed by atoms with Crippen LogP contribution in [0.25, 0.3) is 0 Å². The summed E-state index contributed by atoms with van der Waals surface area (Å²) in [5, 5.41) is 11.5. The molecular weight excluding hydrogens is 182 g/mol. The van der Waals surface area contributed by atoms with Crippen molar-refractivity contribution < 1.29 is 14.7 Å². The second-order valence-electron chi connectivity index (χ2n) is 3.55. The number of allylic oxidation sites excluding steroid dienone is 1. The number of carbonyl (C=O) groups excluding carboxylic acids is 1. The molecule has 1 fully saturated rings. The van der Waals surface area contributed by atoms with Crippen LogP contribution in [-0.4, -0.2) is 23.0 Å². The molecule has 78 valence electrons. The minimum absolute atomic E-state index is 0.0276. The van der Waals surface area contributed by atoms with Crippen molar-refractivity contribution >= 4 is 11.9 Å². The molecule has 0 aromatic carbocycles. The van der Waals surface area contributed by atoms with Gasteiger partial charge in [-0.15, -0.1) is 0 Å². The van der Waals surface area contributed by atoms with Crippen LogP contribution in [0.3, 0.4) is 0 Å². The summed E-state index contributed by atoms with van der Waals surface area (Å²) in [7, 11) is 0. The minimum Gasteiger partial charge on any atom is -0.481 e. The maximum Gasteiger partial charge on any atom is 0.306 e. The van der Waals surface area contributed by atoms with Gasteiger partial charge in [-0.2, -0.15) is 0 Å². The zero-order valence-electron chi connectivity index (χ0n) is 8.19. The van der Waals surface area contributed by atoms with E-state index in [0.717, 1.165) is 6.42 Å². The average molecular weight is 197 g/mol. The van der Waals surface area contributed by atoms with Gasteiger partial charge in [-0.05, 0) is 32.3 Å². The topological polar surface area (TPSA) is 66.4 Å². The average Bonchev–Trinajstić information content (AvgIpc) is 2.53. The number of hydrogen-bond donors (Lipinski definition) is 2. The van der Waals surface area contributed by atoms with Crippen LogP contribution < -0.4 is 5.32 Å². The highest BCUT2D eigenvalue weighted by molar-refractivity contribution is 5.87. The lowest BCUT2D eigenvalue weighted by atomic mass is 10.1. The Bertz CT molecular complexity index is 260. The van der Waals surface area contributed by atoms with Crippen molar-refractivity contribution in [2.24, 2.45) is 5.92 Å². The first-order chi connectivity index (χ1) is 6.63. The largest absolute Gasteiger partial charge is 0.481 e. The van der Waals surface area contributed by atoms with Crippen LogP contribution in [0.15, 0.2) is 12.2 Å². The molecule has 4 heteroatoms. The van der Waals surface area contributed by atoms with E-state index in [0.29, 0.717) is 12.8 Å². The number of carboxylic acid groups (broad SMARTS) is 1. The third-order valence-corrected chi connectivity index (χ3v) is 2.45. The first-order valence-corrected chi connectivity index (χ1v) is 4.79. The van der Waals surface area contributed by atoms with Crippen molar-refractivity contribution in [1.29, 1.82) is 0 Å². The van der Waals surface area contributed by atoms with Crippen molar-refractivity contribution in [2.45, 2.75) is 32.2 Å².